The first-order chi connectivity index (χ1) is 18.4. The first-order valence-electron chi connectivity index (χ1n) is 14.0. The van der Waals surface area contributed by atoms with E-state index in [4.69, 9.17) is 9.72 Å². The standard InChI is InChI=1S/C29H38F2N4O3/c1-38-25-15-21(34-28-22(25)9-5-12-32-28)8-2-3-10-24(31)19-11-13-35(17-19)27(29(36)37)23-14-20(30)16-33-26(23)18-6-4-7-18/h14-16,18-19,24,27H,2-13,17H2,1H3,(H,32,34)(H,36,37). The van der Waals surface area contributed by atoms with Gasteiger partial charge in [-0.05, 0) is 64.0 Å². The van der Waals surface area contributed by atoms with Crippen molar-refractivity contribution in [3.05, 3.63) is 46.7 Å². The molecule has 0 aromatic carbocycles. The molecule has 9 heteroatoms. The minimum absolute atomic E-state index is 0.181. The molecule has 2 fully saturated rings. The van der Waals surface area contributed by atoms with Gasteiger partial charge in [0.25, 0.3) is 0 Å². The highest BCUT2D eigenvalue weighted by Crippen LogP contribution is 2.41. The first-order valence-corrected chi connectivity index (χ1v) is 14.0. The summed E-state index contributed by atoms with van der Waals surface area (Å²) in [7, 11) is 1.68. The van der Waals surface area contributed by atoms with Gasteiger partial charge in [0.15, 0.2) is 0 Å². The Morgan fingerprint density at radius 3 is 2.84 bits per heavy atom. The van der Waals surface area contributed by atoms with E-state index in [1.54, 1.807) is 12.0 Å². The van der Waals surface area contributed by atoms with Crippen molar-refractivity contribution in [3.63, 3.8) is 0 Å². The van der Waals surface area contributed by atoms with E-state index in [-0.39, 0.29) is 11.8 Å². The molecular formula is C29H38F2N4O3. The zero-order chi connectivity index (χ0) is 26.6. The van der Waals surface area contributed by atoms with Gasteiger partial charge in [-0.3, -0.25) is 14.7 Å². The number of methoxy groups -OCH3 is 1. The van der Waals surface area contributed by atoms with E-state index in [9.17, 15) is 14.3 Å². The van der Waals surface area contributed by atoms with Crippen molar-refractivity contribution >= 4 is 11.8 Å². The molecule has 3 atom stereocenters. The maximum Gasteiger partial charge on any atom is 0.325 e. The molecule has 3 unspecified atom stereocenters. The average Bonchev–Trinajstić information content (AvgIpc) is 3.36. The van der Waals surface area contributed by atoms with Crippen molar-refractivity contribution in [3.8, 4) is 5.75 Å². The van der Waals surface area contributed by atoms with Crippen LogP contribution in [-0.2, 0) is 17.6 Å². The van der Waals surface area contributed by atoms with E-state index in [2.05, 4.69) is 10.3 Å². The van der Waals surface area contributed by atoms with Crippen LogP contribution in [0.25, 0.3) is 0 Å². The highest BCUT2D eigenvalue weighted by molar-refractivity contribution is 5.76. The number of halogens is 2. The van der Waals surface area contributed by atoms with Gasteiger partial charge in [0, 0.05) is 53.5 Å². The Balaban J connectivity index is 1.16. The number of aromatic nitrogens is 2. The van der Waals surface area contributed by atoms with E-state index in [1.807, 2.05) is 6.07 Å². The third kappa shape index (κ3) is 5.77. The zero-order valence-electron chi connectivity index (χ0n) is 22.1. The number of carboxylic acid groups (broad SMARTS) is 1. The van der Waals surface area contributed by atoms with Crippen LogP contribution in [0.4, 0.5) is 14.6 Å². The number of unbranched alkanes of at least 4 members (excludes halogenated alkanes) is 1. The molecule has 2 aromatic heterocycles. The fourth-order valence-corrected chi connectivity index (χ4v) is 6.19. The number of carboxylic acids is 1. The fourth-order valence-electron chi connectivity index (χ4n) is 6.19. The van der Waals surface area contributed by atoms with Crippen LogP contribution in [-0.4, -0.2) is 58.9 Å². The second kappa shape index (κ2) is 11.9. The van der Waals surface area contributed by atoms with Crippen molar-refractivity contribution < 1.29 is 23.4 Å². The number of carbonyl (C=O) groups is 1. The van der Waals surface area contributed by atoms with Gasteiger partial charge in [-0.25, -0.2) is 13.8 Å². The predicted molar refractivity (Wildman–Crippen MR) is 141 cm³/mol. The Labute approximate surface area is 223 Å². The summed E-state index contributed by atoms with van der Waals surface area (Å²) in [6.45, 7) is 1.75. The molecule has 0 bridgehead atoms. The van der Waals surface area contributed by atoms with Gasteiger partial charge in [-0.15, -0.1) is 0 Å². The molecule has 5 rings (SSSR count). The van der Waals surface area contributed by atoms with Crippen LogP contribution >= 0.6 is 0 Å². The molecule has 2 N–H and O–H groups in total. The normalized spacial score (nSPS) is 21.3. The summed E-state index contributed by atoms with van der Waals surface area (Å²) in [6.07, 6.45) is 8.50. The molecular weight excluding hydrogens is 490 g/mol. The number of hydrogen-bond donors (Lipinski definition) is 2. The Morgan fingerprint density at radius 2 is 2.11 bits per heavy atom. The number of aliphatic carboxylic acids is 1. The minimum Gasteiger partial charge on any atom is -0.496 e. The third-order valence-electron chi connectivity index (χ3n) is 8.48. The number of fused-ring (bicyclic) bond motifs is 1. The number of alkyl halides is 1. The van der Waals surface area contributed by atoms with Crippen LogP contribution in [0.3, 0.4) is 0 Å². The molecule has 4 heterocycles. The number of nitrogens with zero attached hydrogens (tertiary/aromatic N) is 3. The van der Waals surface area contributed by atoms with Crippen molar-refractivity contribution in [1.29, 1.82) is 0 Å². The molecule has 38 heavy (non-hydrogen) atoms. The third-order valence-corrected chi connectivity index (χ3v) is 8.48. The lowest BCUT2D eigenvalue weighted by molar-refractivity contribution is -0.143. The molecule has 3 aliphatic rings. The van der Waals surface area contributed by atoms with Crippen molar-refractivity contribution in [2.75, 3.05) is 32.1 Å². The second-order valence-electron chi connectivity index (χ2n) is 11.0. The molecule has 7 nitrogen and oxygen atoms in total. The average molecular weight is 529 g/mol. The fraction of sp³-hybridized carbons (Fsp3) is 0.621. The van der Waals surface area contributed by atoms with E-state index in [1.165, 1.54) is 12.3 Å². The molecule has 0 spiro atoms. The lowest BCUT2D eigenvalue weighted by Gasteiger charge is -2.31. The maximum atomic E-state index is 15.3. The summed E-state index contributed by atoms with van der Waals surface area (Å²) in [4.78, 5) is 23.2. The number of likely N-dealkylation sites (tertiary alicyclic amines) is 1. The zero-order valence-corrected chi connectivity index (χ0v) is 22.1. The van der Waals surface area contributed by atoms with Crippen LogP contribution in [0.15, 0.2) is 18.3 Å². The number of nitrogens with one attached hydrogen (secondary N) is 1. The van der Waals surface area contributed by atoms with Crippen LogP contribution in [0, 0.1) is 11.7 Å². The van der Waals surface area contributed by atoms with Gasteiger partial charge < -0.3 is 15.2 Å². The summed E-state index contributed by atoms with van der Waals surface area (Å²) < 4.78 is 35.0. The largest absolute Gasteiger partial charge is 0.496 e. The molecule has 206 valence electrons. The molecule has 0 amide bonds. The number of ether oxygens (including phenoxy) is 1. The van der Waals surface area contributed by atoms with E-state index in [0.717, 1.165) is 80.7 Å². The SMILES string of the molecule is COc1cc(CCCCC(F)C2CCN(C(C(=O)O)c3cc(F)cnc3C3CCC3)C2)nc2c1CCCN2. The smallest absolute Gasteiger partial charge is 0.325 e. The van der Waals surface area contributed by atoms with E-state index in [0.29, 0.717) is 37.2 Å². The Hall–Kier alpha value is -2.81. The summed E-state index contributed by atoms with van der Waals surface area (Å²) >= 11 is 0. The number of hydrogen-bond acceptors (Lipinski definition) is 6. The molecule has 1 saturated heterocycles. The molecule has 0 radical (unpaired) electrons. The molecule has 2 aliphatic heterocycles. The van der Waals surface area contributed by atoms with Crippen molar-refractivity contribution in [2.24, 2.45) is 5.92 Å². The van der Waals surface area contributed by atoms with Gasteiger partial charge in [-0.2, -0.15) is 0 Å². The Morgan fingerprint density at radius 1 is 1.26 bits per heavy atom. The summed E-state index contributed by atoms with van der Waals surface area (Å²) in [5, 5.41) is 13.4. The molecule has 1 saturated carbocycles. The van der Waals surface area contributed by atoms with Crippen LogP contribution in [0.1, 0.15) is 85.8 Å². The van der Waals surface area contributed by atoms with Gasteiger partial charge in [0.1, 0.15) is 29.6 Å². The second-order valence-corrected chi connectivity index (χ2v) is 11.0. The van der Waals surface area contributed by atoms with Gasteiger partial charge >= 0.3 is 5.97 Å². The molecule has 2 aromatic rings. The van der Waals surface area contributed by atoms with Crippen LogP contribution < -0.4 is 10.1 Å². The summed E-state index contributed by atoms with van der Waals surface area (Å²) in [5.74, 6) is 0.166. The lowest BCUT2D eigenvalue weighted by atomic mass is 9.80. The Bertz CT molecular complexity index is 1130. The molecule has 1 aliphatic carbocycles. The van der Waals surface area contributed by atoms with Gasteiger partial charge in [0.05, 0.1) is 13.3 Å². The summed E-state index contributed by atoms with van der Waals surface area (Å²) in [6, 6.07) is 2.32. The van der Waals surface area contributed by atoms with Gasteiger partial charge in [0.2, 0.25) is 0 Å². The van der Waals surface area contributed by atoms with Gasteiger partial charge in [-0.1, -0.05) is 12.8 Å². The number of pyridine rings is 2. The van der Waals surface area contributed by atoms with E-state index >= 15 is 4.39 Å². The highest BCUT2D eigenvalue weighted by Gasteiger charge is 2.39. The van der Waals surface area contributed by atoms with Crippen molar-refractivity contribution in [1.82, 2.24) is 14.9 Å². The summed E-state index contributed by atoms with van der Waals surface area (Å²) in [5.41, 5.74) is 3.20. The lowest BCUT2D eigenvalue weighted by Crippen LogP contribution is -2.35. The first kappa shape index (κ1) is 26.8. The number of rotatable bonds is 11. The topological polar surface area (TPSA) is 87.6 Å². The van der Waals surface area contributed by atoms with E-state index < -0.39 is 24.0 Å². The number of anilines is 1. The minimum atomic E-state index is -1.03. The van der Waals surface area contributed by atoms with Crippen LogP contribution in [0.2, 0.25) is 0 Å². The Kier molecular flexibility index (Phi) is 8.41. The van der Waals surface area contributed by atoms with Crippen molar-refractivity contribution in [2.45, 2.75) is 82.3 Å². The maximum absolute atomic E-state index is 15.3. The highest BCUT2D eigenvalue weighted by atomic mass is 19.1. The monoisotopic (exact) mass is 528 g/mol. The predicted octanol–water partition coefficient (Wildman–Crippen LogP) is 5.45. The van der Waals surface area contributed by atoms with Crippen LogP contribution in [0.5, 0.6) is 5.75 Å². The quantitative estimate of drug-likeness (QED) is 0.375. The number of aryl methyl sites for hydroxylation is 1.